The molecule has 1 unspecified atom stereocenters. The van der Waals surface area contributed by atoms with Crippen molar-refractivity contribution in [3.05, 3.63) is 53.7 Å². The largest absolute Gasteiger partial charge is 0.491 e. The van der Waals surface area contributed by atoms with Crippen molar-refractivity contribution in [2.45, 2.75) is 31.2 Å². The van der Waals surface area contributed by atoms with Crippen LogP contribution >= 0.6 is 0 Å². The minimum atomic E-state index is -0.212. The van der Waals surface area contributed by atoms with E-state index in [1.165, 1.54) is 12.8 Å². The van der Waals surface area contributed by atoms with E-state index in [0.717, 1.165) is 17.1 Å². The summed E-state index contributed by atoms with van der Waals surface area (Å²) >= 11 is 0. The molecule has 1 saturated carbocycles. The fourth-order valence-corrected chi connectivity index (χ4v) is 3.30. The van der Waals surface area contributed by atoms with E-state index in [1.807, 2.05) is 18.2 Å². The quantitative estimate of drug-likeness (QED) is 0.794. The zero-order chi connectivity index (χ0) is 16.8. The van der Waals surface area contributed by atoms with E-state index in [9.17, 15) is 4.79 Å². The van der Waals surface area contributed by atoms with E-state index in [4.69, 9.17) is 4.74 Å². The second kappa shape index (κ2) is 5.54. The van der Waals surface area contributed by atoms with Gasteiger partial charge in [0.05, 0.1) is 12.6 Å². The fourth-order valence-electron chi connectivity index (χ4n) is 3.30. The van der Waals surface area contributed by atoms with E-state index >= 15 is 0 Å². The topological polar surface area (TPSA) is 81.4 Å². The lowest BCUT2D eigenvalue weighted by molar-refractivity contribution is 0.0917. The van der Waals surface area contributed by atoms with E-state index in [0.29, 0.717) is 30.3 Å². The SMILES string of the molecule is O=C(NC1CCOc2cccnc21)c1cc2nccc(C3CC3)n2n1. The van der Waals surface area contributed by atoms with Crippen molar-refractivity contribution in [2.24, 2.45) is 0 Å². The fraction of sp³-hybridized carbons (Fsp3) is 0.333. The van der Waals surface area contributed by atoms with Crippen molar-refractivity contribution in [2.75, 3.05) is 6.61 Å². The Morgan fingerprint density at radius 2 is 2.12 bits per heavy atom. The summed E-state index contributed by atoms with van der Waals surface area (Å²) in [6, 6.07) is 7.25. The molecule has 1 aliphatic heterocycles. The number of fused-ring (bicyclic) bond motifs is 2. The van der Waals surface area contributed by atoms with Crippen molar-refractivity contribution in [1.82, 2.24) is 24.9 Å². The zero-order valence-electron chi connectivity index (χ0n) is 13.6. The molecule has 5 rings (SSSR count). The van der Waals surface area contributed by atoms with Gasteiger partial charge in [0.2, 0.25) is 0 Å². The van der Waals surface area contributed by atoms with Crippen LogP contribution in [0.5, 0.6) is 5.75 Å². The highest BCUT2D eigenvalue weighted by Crippen LogP contribution is 2.39. The molecule has 3 aromatic rings. The van der Waals surface area contributed by atoms with E-state index in [1.54, 1.807) is 23.0 Å². The van der Waals surface area contributed by atoms with Crippen molar-refractivity contribution in [3.8, 4) is 5.75 Å². The van der Waals surface area contributed by atoms with Crippen LogP contribution in [0, 0.1) is 0 Å². The van der Waals surface area contributed by atoms with Crippen LogP contribution in [0.4, 0.5) is 0 Å². The van der Waals surface area contributed by atoms with Gasteiger partial charge in [0.1, 0.15) is 11.4 Å². The Kier molecular flexibility index (Phi) is 3.19. The molecule has 7 heteroatoms. The lowest BCUT2D eigenvalue weighted by atomic mass is 10.1. The Balaban J connectivity index is 1.44. The molecule has 0 aromatic carbocycles. The van der Waals surface area contributed by atoms with Crippen LogP contribution in [0.15, 0.2) is 36.7 Å². The first-order valence-corrected chi connectivity index (χ1v) is 8.53. The number of amides is 1. The zero-order valence-corrected chi connectivity index (χ0v) is 13.6. The molecule has 0 spiro atoms. The highest BCUT2D eigenvalue weighted by Gasteiger charge is 2.28. The number of rotatable bonds is 3. The number of hydrogen-bond acceptors (Lipinski definition) is 5. The molecule has 25 heavy (non-hydrogen) atoms. The van der Waals surface area contributed by atoms with Gasteiger partial charge in [-0.05, 0) is 31.0 Å². The van der Waals surface area contributed by atoms with Crippen LogP contribution in [0.3, 0.4) is 0 Å². The van der Waals surface area contributed by atoms with E-state index in [2.05, 4.69) is 20.4 Å². The van der Waals surface area contributed by atoms with Gasteiger partial charge in [0.25, 0.3) is 5.91 Å². The molecule has 1 amide bonds. The maximum Gasteiger partial charge on any atom is 0.272 e. The lowest BCUT2D eigenvalue weighted by Gasteiger charge is -2.25. The minimum absolute atomic E-state index is 0.168. The standard InChI is InChI=1S/C18H17N5O2/c24-18(21-12-6-9-25-15-2-1-7-20-17(12)15)13-10-16-19-8-5-14(11-3-4-11)23(16)22-13/h1-2,5,7-8,10-12H,3-4,6,9H2,(H,21,24). The molecule has 1 aliphatic carbocycles. The summed E-state index contributed by atoms with van der Waals surface area (Å²) in [7, 11) is 0. The first kappa shape index (κ1) is 14.4. The van der Waals surface area contributed by atoms with Gasteiger partial charge in [0.15, 0.2) is 11.3 Å². The molecule has 1 fully saturated rings. The minimum Gasteiger partial charge on any atom is -0.491 e. The first-order valence-electron chi connectivity index (χ1n) is 8.53. The van der Waals surface area contributed by atoms with Gasteiger partial charge < -0.3 is 10.1 Å². The second-order valence-electron chi connectivity index (χ2n) is 6.49. The van der Waals surface area contributed by atoms with Gasteiger partial charge >= 0.3 is 0 Å². The maximum absolute atomic E-state index is 12.7. The predicted octanol–water partition coefficient (Wildman–Crippen LogP) is 2.26. The Morgan fingerprint density at radius 3 is 3.00 bits per heavy atom. The summed E-state index contributed by atoms with van der Waals surface area (Å²) < 4.78 is 7.39. The normalized spacial score (nSPS) is 19.3. The molecule has 1 N–H and O–H groups in total. The maximum atomic E-state index is 12.7. The molecule has 2 aliphatic rings. The van der Waals surface area contributed by atoms with Crippen LogP contribution in [-0.4, -0.2) is 32.1 Å². The average molecular weight is 335 g/mol. The van der Waals surface area contributed by atoms with Gasteiger partial charge in [-0.1, -0.05) is 0 Å². The summed E-state index contributed by atoms with van der Waals surface area (Å²) in [5.41, 5.74) is 2.98. The third-order valence-electron chi connectivity index (χ3n) is 4.71. The number of carbonyl (C=O) groups is 1. The molecule has 3 aromatic heterocycles. The number of pyridine rings is 1. The number of ether oxygens (including phenoxy) is 1. The van der Waals surface area contributed by atoms with E-state index in [-0.39, 0.29) is 11.9 Å². The third-order valence-corrected chi connectivity index (χ3v) is 4.71. The molecular formula is C18H17N5O2. The van der Waals surface area contributed by atoms with E-state index < -0.39 is 0 Å². The number of aromatic nitrogens is 4. The molecule has 1 atom stereocenters. The van der Waals surface area contributed by atoms with Crippen LogP contribution < -0.4 is 10.1 Å². The van der Waals surface area contributed by atoms with Crippen molar-refractivity contribution < 1.29 is 9.53 Å². The molecule has 7 nitrogen and oxygen atoms in total. The van der Waals surface area contributed by atoms with Crippen LogP contribution in [0.1, 0.15) is 53.1 Å². The second-order valence-corrected chi connectivity index (χ2v) is 6.49. The Hall–Kier alpha value is -2.96. The van der Waals surface area contributed by atoms with Crippen LogP contribution in [-0.2, 0) is 0 Å². The van der Waals surface area contributed by atoms with Crippen molar-refractivity contribution in [3.63, 3.8) is 0 Å². The summed E-state index contributed by atoms with van der Waals surface area (Å²) in [5, 5.41) is 7.52. The summed E-state index contributed by atoms with van der Waals surface area (Å²) in [6.45, 7) is 0.558. The Labute approximate surface area is 144 Å². The van der Waals surface area contributed by atoms with Gasteiger partial charge in [0, 0.05) is 36.5 Å². The number of hydrogen-bond donors (Lipinski definition) is 1. The predicted molar refractivity (Wildman–Crippen MR) is 89.5 cm³/mol. The summed E-state index contributed by atoms with van der Waals surface area (Å²) in [6.07, 6.45) is 6.53. The van der Waals surface area contributed by atoms with Gasteiger partial charge in [-0.2, -0.15) is 5.10 Å². The molecular weight excluding hydrogens is 318 g/mol. The molecule has 0 bridgehead atoms. The molecule has 4 heterocycles. The van der Waals surface area contributed by atoms with Crippen LogP contribution in [0.2, 0.25) is 0 Å². The molecule has 126 valence electrons. The Bertz CT molecular complexity index is 963. The first-order chi connectivity index (χ1) is 12.3. The highest BCUT2D eigenvalue weighted by atomic mass is 16.5. The number of nitrogens with one attached hydrogen (secondary N) is 1. The third kappa shape index (κ3) is 2.52. The molecule has 0 saturated heterocycles. The average Bonchev–Trinajstić information content (AvgIpc) is 3.39. The van der Waals surface area contributed by atoms with Crippen LogP contribution in [0.25, 0.3) is 5.65 Å². The summed E-state index contributed by atoms with van der Waals surface area (Å²) in [4.78, 5) is 21.4. The van der Waals surface area contributed by atoms with Crippen molar-refractivity contribution >= 4 is 11.6 Å². The lowest BCUT2D eigenvalue weighted by Crippen LogP contribution is -2.33. The number of nitrogens with zero attached hydrogens (tertiary/aromatic N) is 4. The van der Waals surface area contributed by atoms with Gasteiger partial charge in [-0.25, -0.2) is 9.50 Å². The van der Waals surface area contributed by atoms with Gasteiger partial charge in [-0.15, -0.1) is 0 Å². The monoisotopic (exact) mass is 335 g/mol. The highest BCUT2D eigenvalue weighted by molar-refractivity contribution is 5.93. The molecule has 0 radical (unpaired) electrons. The Morgan fingerprint density at radius 1 is 1.20 bits per heavy atom. The smallest absolute Gasteiger partial charge is 0.272 e. The number of carbonyl (C=O) groups excluding carboxylic acids is 1. The van der Waals surface area contributed by atoms with Gasteiger partial charge in [-0.3, -0.25) is 9.78 Å². The summed E-state index contributed by atoms with van der Waals surface area (Å²) in [5.74, 6) is 1.05. The van der Waals surface area contributed by atoms with Crippen molar-refractivity contribution in [1.29, 1.82) is 0 Å².